The zero-order chi connectivity index (χ0) is 26.5. The number of hydrogen-bond donors (Lipinski definition) is 2. The summed E-state index contributed by atoms with van der Waals surface area (Å²) in [5, 5.41) is 11.5. The van der Waals surface area contributed by atoms with Crippen molar-refractivity contribution in [3.63, 3.8) is 0 Å². The van der Waals surface area contributed by atoms with Crippen LogP contribution in [0.15, 0.2) is 29.3 Å². The highest BCUT2D eigenvalue weighted by Crippen LogP contribution is 2.30. The topological polar surface area (TPSA) is 127 Å². The number of halogens is 1. The molecule has 2 unspecified atom stereocenters. The van der Waals surface area contributed by atoms with Gasteiger partial charge in [-0.3, -0.25) is 9.59 Å². The van der Waals surface area contributed by atoms with Crippen LogP contribution in [0.5, 0.6) is 0 Å². The second-order valence-electron chi connectivity index (χ2n) is 9.66. The fourth-order valence-electron chi connectivity index (χ4n) is 4.80. The molecule has 1 aliphatic heterocycles. The molecule has 13 heteroatoms. The van der Waals surface area contributed by atoms with E-state index in [1.165, 1.54) is 20.5 Å². The van der Waals surface area contributed by atoms with Crippen molar-refractivity contribution in [2.24, 2.45) is 0 Å². The average Bonchev–Trinajstić information content (AvgIpc) is 3.47. The molecule has 10 nitrogen and oxygen atoms in total. The van der Waals surface area contributed by atoms with Gasteiger partial charge in [0.15, 0.2) is 5.01 Å². The highest BCUT2D eigenvalue weighted by Gasteiger charge is 2.39. The molecule has 0 bridgehead atoms. The van der Waals surface area contributed by atoms with Crippen molar-refractivity contribution >= 4 is 55.7 Å². The van der Waals surface area contributed by atoms with E-state index in [1.807, 2.05) is 0 Å². The van der Waals surface area contributed by atoms with Gasteiger partial charge in [-0.15, -0.1) is 11.3 Å². The normalized spacial score (nSPS) is 20.7. The maximum absolute atomic E-state index is 13.5. The fraction of sp³-hybridized carbons (Fsp3) is 0.458. The molecule has 3 aromatic rings. The van der Waals surface area contributed by atoms with Crippen molar-refractivity contribution in [3.8, 4) is 0 Å². The fourth-order valence-corrected chi connectivity index (χ4v) is 7.60. The van der Waals surface area contributed by atoms with Crippen molar-refractivity contribution in [2.75, 3.05) is 33.7 Å². The van der Waals surface area contributed by atoms with E-state index >= 15 is 0 Å². The van der Waals surface area contributed by atoms with E-state index in [-0.39, 0.29) is 42.9 Å². The van der Waals surface area contributed by atoms with Crippen molar-refractivity contribution in [1.29, 1.82) is 0 Å². The van der Waals surface area contributed by atoms with Crippen molar-refractivity contribution in [3.05, 3.63) is 44.9 Å². The number of aromatic amines is 1. The van der Waals surface area contributed by atoms with Gasteiger partial charge in [0.05, 0.1) is 17.8 Å². The van der Waals surface area contributed by atoms with Crippen molar-refractivity contribution in [1.82, 2.24) is 24.1 Å². The van der Waals surface area contributed by atoms with Gasteiger partial charge in [-0.25, -0.2) is 13.4 Å². The first kappa shape index (κ1) is 26.1. The molecule has 198 valence electrons. The number of fused-ring (bicyclic) bond motifs is 2. The smallest absolute Gasteiger partial charge is 0.283 e. The van der Waals surface area contributed by atoms with Crippen LogP contribution in [0.1, 0.15) is 33.2 Å². The van der Waals surface area contributed by atoms with Gasteiger partial charge in [0, 0.05) is 67.4 Å². The Morgan fingerprint density at radius 1 is 1.27 bits per heavy atom. The molecule has 5 rings (SSSR count). The predicted molar refractivity (Wildman–Crippen MR) is 140 cm³/mol. The van der Waals surface area contributed by atoms with E-state index in [0.29, 0.717) is 40.2 Å². The highest BCUT2D eigenvalue weighted by atomic mass is 35.5. The van der Waals surface area contributed by atoms with E-state index in [2.05, 4.69) is 9.97 Å². The van der Waals surface area contributed by atoms with Gasteiger partial charge in [0.1, 0.15) is 5.03 Å². The first-order valence-electron chi connectivity index (χ1n) is 12.0. The monoisotopic (exact) mass is 565 g/mol. The molecule has 2 N–H and O–H groups in total. The van der Waals surface area contributed by atoms with Gasteiger partial charge >= 0.3 is 0 Å². The van der Waals surface area contributed by atoms with Gasteiger partial charge in [0.2, 0.25) is 5.91 Å². The number of H-pyrrole nitrogens is 1. The molecular weight excluding hydrogens is 538 g/mol. The summed E-state index contributed by atoms with van der Waals surface area (Å²) in [6.07, 6.45) is 1.25. The van der Waals surface area contributed by atoms with Crippen LogP contribution in [0.2, 0.25) is 5.02 Å². The number of aliphatic hydroxyl groups excluding tert-OH is 1. The minimum Gasteiger partial charge on any atom is -0.393 e. The lowest BCUT2D eigenvalue weighted by Crippen LogP contribution is -2.57. The summed E-state index contributed by atoms with van der Waals surface area (Å²) in [6.45, 7) is 0.191. The molecular formula is C24H28ClN5O5S2. The average molecular weight is 566 g/mol. The van der Waals surface area contributed by atoms with Crippen LogP contribution in [0.4, 0.5) is 0 Å². The number of benzene rings is 1. The number of aliphatic hydroxyl groups is 1. The van der Waals surface area contributed by atoms with E-state index in [0.717, 1.165) is 10.6 Å². The number of carbonyl (C=O) groups excluding carboxylic acids is 2. The summed E-state index contributed by atoms with van der Waals surface area (Å²) in [5.74, 6) is -0.522. The summed E-state index contributed by atoms with van der Waals surface area (Å²) >= 11 is 7.33. The summed E-state index contributed by atoms with van der Waals surface area (Å²) < 4.78 is 28.4. The Labute approximate surface area is 223 Å². The minimum atomic E-state index is -3.92. The number of hydrogen-bond acceptors (Lipinski definition) is 7. The Kier molecular flexibility index (Phi) is 7.05. The standard InChI is InChI=1S/C24H28ClN5O5S2/c1-28(2)22(32)11-16-13-29(37(34,35)21-10-14-9-15(25)3-5-18(14)26-21)7-8-30(16)24(33)23-27-19-6-4-17(31)12-20(19)36-23/h3,5,9-10,16-17,26,31H,4,6-8,11-13H2,1-2H3. The maximum Gasteiger partial charge on any atom is 0.283 e. The maximum atomic E-state index is 13.5. The molecule has 0 spiro atoms. The van der Waals surface area contributed by atoms with E-state index < -0.39 is 22.2 Å². The largest absolute Gasteiger partial charge is 0.393 e. The van der Waals surface area contributed by atoms with Crippen LogP contribution < -0.4 is 0 Å². The second kappa shape index (κ2) is 9.99. The van der Waals surface area contributed by atoms with E-state index in [1.54, 1.807) is 43.3 Å². The molecule has 2 aliphatic rings. The molecule has 1 saturated heterocycles. The van der Waals surface area contributed by atoms with Crippen LogP contribution >= 0.6 is 22.9 Å². The number of piperazine rings is 1. The Bertz CT molecular complexity index is 1470. The third kappa shape index (κ3) is 5.13. The van der Waals surface area contributed by atoms with Crippen LogP contribution in [-0.4, -0.2) is 95.3 Å². The van der Waals surface area contributed by atoms with Crippen LogP contribution in [-0.2, 0) is 27.7 Å². The van der Waals surface area contributed by atoms with Gasteiger partial charge in [0.25, 0.3) is 15.9 Å². The van der Waals surface area contributed by atoms with E-state index in [4.69, 9.17) is 11.6 Å². The number of rotatable bonds is 5. The van der Waals surface area contributed by atoms with Crippen LogP contribution in [0.3, 0.4) is 0 Å². The molecule has 2 aromatic heterocycles. The van der Waals surface area contributed by atoms with Crippen LogP contribution in [0.25, 0.3) is 10.9 Å². The summed E-state index contributed by atoms with van der Waals surface area (Å²) in [6, 6.07) is 5.98. The predicted octanol–water partition coefficient (Wildman–Crippen LogP) is 2.12. The lowest BCUT2D eigenvalue weighted by Gasteiger charge is -2.40. The SMILES string of the molecule is CN(C)C(=O)CC1CN(S(=O)(=O)c2cc3cc(Cl)ccc3[nH]2)CCN1C(=O)c1nc2c(s1)CC(O)CC2. The number of thiazole rings is 1. The number of nitrogens with zero attached hydrogens (tertiary/aromatic N) is 4. The summed E-state index contributed by atoms with van der Waals surface area (Å²) in [5.41, 5.74) is 1.48. The third-order valence-corrected chi connectivity index (χ3v) is 10.0. The number of aryl methyl sites for hydroxylation is 1. The Morgan fingerprint density at radius 3 is 2.81 bits per heavy atom. The van der Waals surface area contributed by atoms with Gasteiger partial charge in [-0.2, -0.15) is 4.31 Å². The Morgan fingerprint density at radius 2 is 2.05 bits per heavy atom. The molecule has 0 radical (unpaired) electrons. The Balaban J connectivity index is 1.41. The first-order chi connectivity index (χ1) is 17.5. The minimum absolute atomic E-state index is 0.0170. The van der Waals surface area contributed by atoms with Gasteiger partial charge < -0.3 is 19.9 Å². The summed E-state index contributed by atoms with van der Waals surface area (Å²) in [7, 11) is -0.664. The third-order valence-electron chi connectivity index (χ3n) is 6.89. The molecule has 1 aromatic carbocycles. The zero-order valence-corrected chi connectivity index (χ0v) is 22.9. The number of amides is 2. The number of sulfonamides is 1. The molecule has 1 aliphatic carbocycles. The van der Waals surface area contributed by atoms with Crippen molar-refractivity contribution < 1.29 is 23.1 Å². The quantitative estimate of drug-likeness (QED) is 0.488. The lowest BCUT2D eigenvalue weighted by molar-refractivity contribution is -0.130. The Hall–Kier alpha value is -2.51. The van der Waals surface area contributed by atoms with E-state index in [9.17, 15) is 23.1 Å². The molecule has 2 atom stereocenters. The summed E-state index contributed by atoms with van der Waals surface area (Å²) in [4.78, 5) is 37.6. The highest BCUT2D eigenvalue weighted by molar-refractivity contribution is 7.89. The van der Waals surface area contributed by atoms with Crippen molar-refractivity contribution in [2.45, 2.75) is 42.9 Å². The molecule has 3 heterocycles. The number of aromatic nitrogens is 2. The molecule has 37 heavy (non-hydrogen) atoms. The van der Waals surface area contributed by atoms with Gasteiger partial charge in [-0.1, -0.05) is 11.6 Å². The van der Waals surface area contributed by atoms with Gasteiger partial charge in [-0.05, 0) is 37.1 Å². The van der Waals surface area contributed by atoms with Crippen LogP contribution in [0, 0.1) is 0 Å². The molecule has 0 saturated carbocycles. The molecule has 2 amide bonds. The second-order valence-corrected chi connectivity index (χ2v) is 13.1. The zero-order valence-electron chi connectivity index (χ0n) is 20.5. The number of nitrogens with one attached hydrogen (secondary N) is 1. The number of carbonyl (C=O) groups is 2. The lowest BCUT2D eigenvalue weighted by atomic mass is 10.0. The molecule has 1 fully saturated rings. The first-order valence-corrected chi connectivity index (χ1v) is 14.6.